The van der Waals surface area contributed by atoms with E-state index < -0.39 is 6.10 Å². The van der Waals surface area contributed by atoms with Gasteiger partial charge in [0, 0.05) is 30.8 Å². The third kappa shape index (κ3) is 4.81. The molecule has 6 nitrogen and oxygen atoms in total. The van der Waals surface area contributed by atoms with Gasteiger partial charge in [-0.25, -0.2) is 4.98 Å². The van der Waals surface area contributed by atoms with Gasteiger partial charge in [0.1, 0.15) is 0 Å². The molecule has 30 heavy (non-hydrogen) atoms. The van der Waals surface area contributed by atoms with Crippen LogP contribution in [0, 0.1) is 0 Å². The molecule has 4 rings (SSSR count). The number of ether oxygens (including phenoxy) is 1. The van der Waals surface area contributed by atoms with E-state index in [1.54, 1.807) is 17.2 Å². The molecule has 1 aliphatic heterocycles. The van der Waals surface area contributed by atoms with Crippen LogP contribution in [-0.2, 0) is 9.59 Å². The first-order valence-electron chi connectivity index (χ1n) is 11.0. The zero-order chi connectivity index (χ0) is 20.8. The second-order valence-electron chi connectivity index (χ2n) is 8.08. The first kappa shape index (κ1) is 20.4. The summed E-state index contributed by atoms with van der Waals surface area (Å²) >= 11 is 0. The van der Waals surface area contributed by atoms with Gasteiger partial charge in [0.25, 0.3) is 5.91 Å². The lowest BCUT2D eigenvalue weighted by atomic mass is 10.1. The number of carbonyl (C=O) groups is 2. The summed E-state index contributed by atoms with van der Waals surface area (Å²) in [5.74, 6) is 1.05. The van der Waals surface area contributed by atoms with Gasteiger partial charge in [0.2, 0.25) is 12.0 Å². The number of anilines is 1. The Bertz CT molecular complexity index is 863. The highest BCUT2D eigenvalue weighted by molar-refractivity contribution is 5.99. The van der Waals surface area contributed by atoms with Crippen molar-refractivity contribution in [3.63, 3.8) is 0 Å². The molecule has 1 aromatic heterocycles. The lowest BCUT2D eigenvalue weighted by Crippen LogP contribution is -2.42. The fourth-order valence-electron chi connectivity index (χ4n) is 4.28. The number of benzene rings is 1. The summed E-state index contributed by atoms with van der Waals surface area (Å²) in [6, 6.07) is 13.4. The van der Waals surface area contributed by atoms with Crippen LogP contribution in [0.15, 0.2) is 48.7 Å². The van der Waals surface area contributed by atoms with Crippen molar-refractivity contribution in [3.8, 4) is 5.75 Å². The predicted molar refractivity (Wildman–Crippen MR) is 115 cm³/mol. The lowest BCUT2D eigenvalue weighted by Gasteiger charge is -2.33. The Morgan fingerprint density at radius 2 is 1.83 bits per heavy atom. The van der Waals surface area contributed by atoms with Gasteiger partial charge in [0.05, 0.1) is 0 Å². The van der Waals surface area contributed by atoms with E-state index in [0.29, 0.717) is 37.0 Å². The predicted octanol–water partition coefficient (Wildman–Crippen LogP) is 4.17. The Kier molecular flexibility index (Phi) is 6.62. The maximum Gasteiger partial charge on any atom is 0.274 e. The fourth-order valence-corrected chi connectivity index (χ4v) is 4.28. The molecule has 0 bridgehead atoms. The standard InChI is InChI=1S/C24H29N3O3/c28-21(26-19-12-6-1-2-7-13-19)15-9-17-27-23-20(14-8-16-25-23)30-22(24(27)29)18-10-4-3-5-11-18/h3-5,8,10-11,14,16,19,22H,1-2,6-7,9,12-13,15,17H2,(H,26,28)/t22-/m1/s1. The summed E-state index contributed by atoms with van der Waals surface area (Å²) in [7, 11) is 0. The topological polar surface area (TPSA) is 71.5 Å². The zero-order valence-corrected chi connectivity index (χ0v) is 17.3. The summed E-state index contributed by atoms with van der Waals surface area (Å²) in [5, 5.41) is 3.18. The number of carbonyl (C=O) groups excluding carboxylic acids is 2. The third-order valence-electron chi connectivity index (χ3n) is 5.85. The molecule has 0 saturated heterocycles. The molecule has 0 unspecified atom stereocenters. The molecule has 2 aliphatic rings. The molecule has 1 aromatic carbocycles. The molecule has 1 aliphatic carbocycles. The number of pyridine rings is 1. The minimum atomic E-state index is -0.692. The van der Waals surface area contributed by atoms with E-state index in [1.807, 2.05) is 36.4 Å². The van der Waals surface area contributed by atoms with Crippen LogP contribution in [0.3, 0.4) is 0 Å². The smallest absolute Gasteiger partial charge is 0.274 e. The highest BCUT2D eigenvalue weighted by Crippen LogP contribution is 2.37. The molecule has 158 valence electrons. The number of hydrogen-bond donors (Lipinski definition) is 1. The first-order chi connectivity index (χ1) is 14.7. The Labute approximate surface area is 177 Å². The molecule has 2 aromatic rings. The first-order valence-corrected chi connectivity index (χ1v) is 11.0. The van der Waals surface area contributed by atoms with Gasteiger partial charge < -0.3 is 10.1 Å². The molecule has 0 spiro atoms. The maximum absolute atomic E-state index is 13.2. The minimum Gasteiger partial charge on any atom is -0.472 e. The molecule has 2 heterocycles. The Morgan fingerprint density at radius 1 is 1.07 bits per heavy atom. The molecular formula is C24H29N3O3. The van der Waals surface area contributed by atoms with E-state index >= 15 is 0 Å². The summed E-state index contributed by atoms with van der Waals surface area (Å²) in [5.41, 5.74) is 0.813. The average Bonchev–Trinajstić information content (AvgIpc) is 3.04. The fraction of sp³-hybridized carbons (Fsp3) is 0.458. The van der Waals surface area contributed by atoms with Crippen LogP contribution in [0.4, 0.5) is 5.82 Å². The number of rotatable bonds is 6. The molecular weight excluding hydrogens is 378 g/mol. The number of fused-ring (bicyclic) bond motifs is 1. The van der Waals surface area contributed by atoms with E-state index in [9.17, 15) is 9.59 Å². The van der Waals surface area contributed by atoms with Gasteiger partial charge in [-0.05, 0) is 31.4 Å². The Morgan fingerprint density at radius 3 is 2.60 bits per heavy atom. The second-order valence-corrected chi connectivity index (χ2v) is 8.08. The average molecular weight is 408 g/mol. The molecule has 6 heteroatoms. The number of amides is 2. The SMILES string of the molecule is O=C(CCCN1C(=O)[C@@H](c2ccccc2)Oc2cccnc21)NC1CCCCCC1. The van der Waals surface area contributed by atoms with Crippen LogP contribution in [0.1, 0.15) is 63.0 Å². The number of aromatic nitrogens is 1. The van der Waals surface area contributed by atoms with Crippen molar-refractivity contribution in [2.75, 3.05) is 11.4 Å². The zero-order valence-electron chi connectivity index (χ0n) is 17.3. The van der Waals surface area contributed by atoms with Gasteiger partial charge in [-0.15, -0.1) is 0 Å². The summed E-state index contributed by atoms with van der Waals surface area (Å²) in [6.45, 7) is 0.438. The Hall–Kier alpha value is -2.89. The Balaban J connectivity index is 1.39. The van der Waals surface area contributed by atoms with E-state index in [4.69, 9.17) is 4.74 Å². The van der Waals surface area contributed by atoms with Crippen molar-refractivity contribution in [1.29, 1.82) is 0 Å². The van der Waals surface area contributed by atoms with Gasteiger partial charge in [-0.1, -0.05) is 56.0 Å². The highest BCUT2D eigenvalue weighted by atomic mass is 16.5. The van der Waals surface area contributed by atoms with Gasteiger partial charge in [0.15, 0.2) is 11.6 Å². The molecule has 0 radical (unpaired) electrons. The van der Waals surface area contributed by atoms with E-state index in [-0.39, 0.29) is 11.8 Å². The van der Waals surface area contributed by atoms with Gasteiger partial charge in [-0.3, -0.25) is 14.5 Å². The van der Waals surface area contributed by atoms with Crippen molar-refractivity contribution in [2.45, 2.75) is 63.5 Å². The van der Waals surface area contributed by atoms with Crippen molar-refractivity contribution in [3.05, 3.63) is 54.2 Å². The molecule has 2 amide bonds. The van der Waals surface area contributed by atoms with E-state index in [1.165, 1.54) is 25.7 Å². The van der Waals surface area contributed by atoms with E-state index in [2.05, 4.69) is 10.3 Å². The van der Waals surface area contributed by atoms with Gasteiger partial charge >= 0.3 is 0 Å². The molecule has 1 fully saturated rings. The summed E-state index contributed by atoms with van der Waals surface area (Å²) in [4.78, 5) is 31.6. The number of hydrogen-bond acceptors (Lipinski definition) is 4. The molecule has 1 saturated carbocycles. The summed E-state index contributed by atoms with van der Waals surface area (Å²) in [6.07, 6.45) is 9.01. The van der Waals surface area contributed by atoms with Crippen molar-refractivity contribution in [2.24, 2.45) is 0 Å². The maximum atomic E-state index is 13.2. The largest absolute Gasteiger partial charge is 0.472 e. The van der Waals surface area contributed by atoms with Gasteiger partial charge in [-0.2, -0.15) is 0 Å². The summed E-state index contributed by atoms with van der Waals surface area (Å²) < 4.78 is 5.97. The quantitative estimate of drug-likeness (QED) is 0.730. The molecule has 1 N–H and O–H groups in total. The van der Waals surface area contributed by atoms with Crippen LogP contribution in [0.5, 0.6) is 5.75 Å². The number of nitrogens with zero attached hydrogens (tertiary/aromatic N) is 2. The minimum absolute atomic E-state index is 0.0727. The normalized spacial score (nSPS) is 19.5. The van der Waals surface area contributed by atoms with Crippen molar-refractivity contribution >= 4 is 17.6 Å². The second kappa shape index (κ2) is 9.74. The van der Waals surface area contributed by atoms with Crippen LogP contribution in [0.2, 0.25) is 0 Å². The van der Waals surface area contributed by atoms with Crippen LogP contribution in [0.25, 0.3) is 0 Å². The third-order valence-corrected chi connectivity index (χ3v) is 5.85. The molecule has 1 atom stereocenters. The van der Waals surface area contributed by atoms with Crippen LogP contribution in [-0.4, -0.2) is 29.4 Å². The van der Waals surface area contributed by atoms with Crippen LogP contribution >= 0.6 is 0 Å². The highest BCUT2D eigenvalue weighted by Gasteiger charge is 2.36. The van der Waals surface area contributed by atoms with Crippen LogP contribution < -0.4 is 15.0 Å². The van der Waals surface area contributed by atoms with Crippen molar-refractivity contribution in [1.82, 2.24) is 10.3 Å². The van der Waals surface area contributed by atoms with E-state index in [0.717, 1.165) is 18.4 Å². The number of nitrogens with one attached hydrogen (secondary N) is 1. The monoisotopic (exact) mass is 407 g/mol. The lowest BCUT2D eigenvalue weighted by molar-refractivity contribution is -0.127. The van der Waals surface area contributed by atoms with Crippen molar-refractivity contribution < 1.29 is 14.3 Å².